The highest BCUT2D eigenvalue weighted by Gasteiger charge is 2.39. The smallest absolute Gasteiger partial charge is 0.330 e. The van der Waals surface area contributed by atoms with E-state index in [-0.39, 0.29) is 12.8 Å². The van der Waals surface area contributed by atoms with E-state index in [1.165, 1.54) is 16.8 Å². The molecule has 0 bridgehead atoms. The summed E-state index contributed by atoms with van der Waals surface area (Å²) in [5.41, 5.74) is -0.678. The summed E-state index contributed by atoms with van der Waals surface area (Å²) in [5, 5.41) is 19.8. The third-order valence-electron chi connectivity index (χ3n) is 3.38. The van der Waals surface area contributed by atoms with Gasteiger partial charge in [0.2, 0.25) is 0 Å². The lowest BCUT2D eigenvalue weighted by Crippen LogP contribution is -2.35. The second-order valence-electron chi connectivity index (χ2n) is 4.93. The van der Waals surface area contributed by atoms with Crippen molar-refractivity contribution in [1.82, 2.24) is 9.55 Å². The van der Waals surface area contributed by atoms with Gasteiger partial charge in [-0.15, -0.1) is 6.58 Å². The monoisotopic (exact) mass is 282 g/mol. The molecule has 20 heavy (non-hydrogen) atoms. The molecule has 0 radical (unpaired) electrons. The van der Waals surface area contributed by atoms with Gasteiger partial charge in [0, 0.05) is 18.2 Å². The van der Waals surface area contributed by atoms with Gasteiger partial charge in [-0.3, -0.25) is 14.3 Å². The Bertz CT molecular complexity index is 606. The number of aromatic amines is 1. The third kappa shape index (κ3) is 2.74. The number of hydrogen-bond donors (Lipinski definition) is 3. The summed E-state index contributed by atoms with van der Waals surface area (Å²) in [6.07, 6.45) is 0.125. The maximum atomic E-state index is 11.8. The van der Waals surface area contributed by atoms with E-state index in [1.807, 2.05) is 0 Å². The molecule has 4 atom stereocenters. The first-order valence-corrected chi connectivity index (χ1v) is 6.38. The van der Waals surface area contributed by atoms with Crippen LogP contribution in [0.15, 0.2) is 28.4 Å². The quantitative estimate of drug-likeness (QED) is 0.642. The molecular weight excluding hydrogens is 264 g/mol. The van der Waals surface area contributed by atoms with Crippen LogP contribution in [0.5, 0.6) is 0 Å². The molecule has 0 saturated carbocycles. The van der Waals surface area contributed by atoms with Crippen molar-refractivity contribution in [3.63, 3.8) is 0 Å². The molecule has 0 spiro atoms. The molecule has 1 aromatic heterocycles. The molecule has 1 aliphatic rings. The van der Waals surface area contributed by atoms with Crippen molar-refractivity contribution in [2.45, 2.75) is 44.3 Å². The largest absolute Gasteiger partial charge is 0.390 e. The van der Waals surface area contributed by atoms with Gasteiger partial charge in [0.05, 0.1) is 12.2 Å². The van der Waals surface area contributed by atoms with Crippen LogP contribution in [0.1, 0.15) is 24.6 Å². The van der Waals surface area contributed by atoms with Gasteiger partial charge in [-0.05, 0) is 13.3 Å². The summed E-state index contributed by atoms with van der Waals surface area (Å²) in [4.78, 5) is 25.3. The van der Waals surface area contributed by atoms with E-state index >= 15 is 0 Å². The molecule has 1 aromatic rings. The second kappa shape index (κ2) is 5.74. The first-order valence-electron chi connectivity index (χ1n) is 6.38. The van der Waals surface area contributed by atoms with Crippen molar-refractivity contribution in [2.24, 2.45) is 0 Å². The minimum Gasteiger partial charge on any atom is -0.390 e. The standard InChI is InChI=1S/C13H18N2O5/c1-3-4-8(16)11-9(17)5-10(20-11)15-6-7(2)12(18)14-13(15)19/h3,6,8-11,16-17H,1,4-5H2,2H3,(H,14,18,19)/t8-,9-,10+,11+/m0/s1. The van der Waals surface area contributed by atoms with Crippen molar-refractivity contribution < 1.29 is 14.9 Å². The summed E-state index contributed by atoms with van der Waals surface area (Å²) >= 11 is 0. The third-order valence-corrected chi connectivity index (χ3v) is 3.38. The molecule has 0 aromatic carbocycles. The number of H-pyrrole nitrogens is 1. The van der Waals surface area contributed by atoms with Crippen LogP contribution >= 0.6 is 0 Å². The zero-order valence-corrected chi connectivity index (χ0v) is 11.2. The Balaban J connectivity index is 2.24. The molecule has 7 heteroatoms. The molecule has 0 amide bonds. The van der Waals surface area contributed by atoms with Crippen LogP contribution in [0.3, 0.4) is 0 Å². The number of aryl methyl sites for hydroxylation is 1. The number of nitrogens with one attached hydrogen (secondary N) is 1. The average molecular weight is 282 g/mol. The molecule has 1 saturated heterocycles. The van der Waals surface area contributed by atoms with Gasteiger partial charge in [0.1, 0.15) is 12.3 Å². The number of rotatable bonds is 4. The number of ether oxygens (including phenoxy) is 1. The van der Waals surface area contributed by atoms with Gasteiger partial charge in [0.25, 0.3) is 5.56 Å². The number of aliphatic hydroxyl groups is 2. The molecule has 2 heterocycles. The highest BCUT2D eigenvalue weighted by Crippen LogP contribution is 2.30. The molecule has 3 N–H and O–H groups in total. The van der Waals surface area contributed by atoms with Gasteiger partial charge < -0.3 is 14.9 Å². The van der Waals surface area contributed by atoms with Crippen molar-refractivity contribution in [3.8, 4) is 0 Å². The predicted molar refractivity (Wildman–Crippen MR) is 71.4 cm³/mol. The van der Waals surface area contributed by atoms with Crippen molar-refractivity contribution in [2.75, 3.05) is 0 Å². The van der Waals surface area contributed by atoms with Crippen LogP contribution in [0.25, 0.3) is 0 Å². The Morgan fingerprint density at radius 2 is 2.35 bits per heavy atom. The van der Waals surface area contributed by atoms with E-state index in [0.29, 0.717) is 5.56 Å². The zero-order valence-electron chi connectivity index (χ0n) is 11.2. The summed E-state index contributed by atoms with van der Waals surface area (Å²) in [6, 6.07) is 0. The SMILES string of the molecule is C=CC[C@H](O)[C@H]1O[C@@H](n2cc(C)c(=O)[nH]c2=O)C[C@@H]1O. The van der Waals surface area contributed by atoms with Crippen LogP contribution in [0.2, 0.25) is 0 Å². The van der Waals surface area contributed by atoms with Crippen LogP contribution in [-0.2, 0) is 4.74 Å². The fourth-order valence-electron chi connectivity index (χ4n) is 2.30. The number of nitrogens with zero attached hydrogens (tertiary/aromatic N) is 1. The van der Waals surface area contributed by atoms with Gasteiger partial charge in [-0.2, -0.15) is 0 Å². The van der Waals surface area contributed by atoms with Gasteiger partial charge in [-0.1, -0.05) is 6.08 Å². The Labute approximate surface area is 115 Å². The molecule has 2 rings (SSSR count). The molecule has 7 nitrogen and oxygen atoms in total. The maximum Gasteiger partial charge on any atom is 0.330 e. The van der Waals surface area contributed by atoms with E-state index in [2.05, 4.69) is 11.6 Å². The van der Waals surface area contributed by atoms with Gasteiger partial charge >= 0.3 is 5.69 Å². The molecule has 1 fully saturated rings. The normalized spacial score (nSPS) is 27.4. The Kier molecular flexibility index (Phi) is 4.22. The van der Waals surface area contributed by atoms with Crippen LogP contribution < -0.4 is 11.2 Å². The fraction of sp³-hybridized carbons (Fsp3) is 0.538. The lowest BCUT2D eigenvalue weighted by atomic mass is 10.1. The molecule has 0 aliphatic carbocycles. The molecular formula is C13H18N2O5. The maximum absolute atomic E-state index is 11.8. The van der Waals surface area contributed by atoms with E-state index in [9.17, 15) is 19.8 Å². The van der Waals surface area contributed by atoms with Crippen LogP contribution in [0.4, 0.5) is 0 Å². The predicted octanol–water partition coefficient (Wildman–Crippen LogP) is -0.570. The zero-order chi connectivity index (χ0) is 14.9. The van der Waals surface area contributed by atoms with E-state index < -0.39 is 35.8 Å². The molecule has 0 unspecified atom stereocenters. The lowest BCUT2D eigenvalue weighted by molar-refractivity contribution is -0.0819. The highest BCUT2D eigenvalue weighted by atomic mass is 16.5. The van der Waals surface area contributed by atoms with Gasteiger partial charge in [-0.25, -0.2) is 4.79 Å². The van der Waals surface area contributed by atoms with Crippen LogP contribution in [0, 0.1) is 6.92 Å². The highest BCUT2D eigenvalue weighted by molar-refractivity contribution is 5.02. The number of aliphatic hydroxyl groups excluding tert-OH is 2. The van der Waals surface area contributed by atoms with Crippen molar-refractivity contribution >= 4 is 0 Å². The second-order valence-corrected chi connectivity index (χ2v) is 4.93. The summed E-state index contributed by atoms with van der Waals surface area (Å²) in [6.45, 7) is 5.09. The van der Waals surface area contributed by atoms with E-state index in [1.54, 1.807) is 6.92 Å². The number of aromatic nitrogens is 2. The van der Waals surface area contributed by atoms with Crippen molar-refractivity contribution in [3.05, 3.63) is 45.3 Å². The summed E-state index contributed by atoms with van der Waals surface area (Å²) < 4.78 is 6.77. The van der Waals surface area contributed by atoms with Gasteiger partial charge in [0.15, 0.2) is 0 Å². The van der Waals surface area contributed by atoms with Crippen LogP contribution in [-0.4, -0.2) is 38.1 Å². The topological polar surface area (TPSA) is 105 Å². The Morgan fingerprint density at radius 1 is 1.65 bits per heavy atom. The Morgan fingerprint density at radius 3 is 3.00 bits per heavy atom. The summed E-state index contributed by atoms with van der Waals surface area (Å²) in [5.74, 6) is 0. The lowest BCUT2D eigenvalue weighted by Gasteiger charge is -2.20. The average Bonchev–Trinajstić information content (AvgIpc) is 2.76. The minimum atomic E-state index is -0.882. The minimum absolute atomic E-state index is 0.171. The Hall–Kier alpha value is -1.70. The number of hydrogen-bond acceptors (Lipinski definition) is 5. The molecule has 1 aliphatic heterocycles. The summed E-state index contributed by atoms with van der Waals surface area (Å²) in [7, 11) is 0. The van der Waals surface area contributed by atoms with Crippen molar-refractivity contribution in [1.29, 1.82) is 0 Å². The molecule has 110 valence electrons. The fourth-order valence-corrected chi connectivity index (χ4v) is 2.30. The first kappa shape index (κ1) is 14.7. The van der Waals surface area contributed by atoms with E-state index in [0.717, 1.165) is 0 Å². The van der Waals surface area contributed by atoms with E-state index in [4.69, 9.17) is 4.74 Å². The first-order chi connectivity index (χ1) is 9.43.